The molecule has 0 rings (SSSR count). The second kappa shape index (κ2) is 6.58. The van der Waals surface area contributed by atoms with Crippen LogP contribution in [0, 0.1) is 0 Å². The summed E-state index contributed by atoms with van der Waals surface area (Å²) >= 11 is 0. The van der Waals surface area contributed by atoms with Crippen LogP contribution in [0.1, 0.15) is 27.2 Å². The molecular formula is C9H16N2O. The summed E-state index contributed by atoms with van der Waals surface area (Å²) in [5.74, 6) is 0.0191. The minimum atomic E-state index is 0.0191. The molecule has 12 heavy (non-hydrogen) atoms. The molecule has 1 amide bonds. The lowest BCUT2D eigenvalue weighted by Crippen LogP contribution is -2.22. The van der Waals surface area contributed by atoms with Gasteiger partial charge >= 0.3 is 0 Å². The van der Waals surface area contributed by atoms with Crippen molar-refractivity contribution in [1.82, 2.24) is 5.32 Å². The van der Waals surface area contributed by atoms with Crippen molar-refractivity contribution in [3.8, 4) is 0 Å². The highest BCUT2D eigenvalue weighted by Gasteiger charge is 1.96. The number of hydrogen-bond acceptors (Lipinski definition) is 2. The molecule has 0 saturated heterocycles. The predicted octanol–water partition coefficient (Wildman–Crippen LogP) is 1.51. The molecule has 0 radical (unpaired) electrons. The third kappa shape index (κ3) is 4.66. The zero-order valence-electron chi connectivity index (χ0n) is 7.92. The van der Waals surface area contributed by atoms with E-state index in [1.807, 2.05) is 26.8 Å². The summed E-state index contributed by atoms with van der Waals surface area (Å²) in [7, 11) is 0. The van der Waals surface area contributed by atoms with Crippen molar-refractivity contribution in [2.75, 3.05) is 6.54 Å². The monoisotopic (exact) mass is 168 g/mol. The molecule has 0 spiro atoms. The van der Waals surface area contributed by atoms with Crippen LogP contribution < -0.4 is 5.32 Å². The first-order valence-electron chi connectivity index (χ1n) is 4.20. The number of hydrogen-bond donors (Lipinski definition) is 1. The van der Waals surface area contributed by atoms with Gasteiger partial charge in [0.05, 0.1) is 5.70 Å². The van der Waals surface area contributed by atoms with Crippen LogP contribution in [-0.2, 0) is 4.79 Å². The van der Waals surface area contributed by atoms with Gasteiger partial charge in [-0.25, -0.2) is 0 Å². The summed E-state index contributed by atoms with van der Waals surface area (Å²) in [6, 6.07) is 0. The first-order valence-corrected chi connectivity index (χ1v) is 4.20. The first-order chi connectivity index (χ1) is 5.74. The smallest absolute Gasteiger partial charge is 0.224 e. The Kier molecular flexibility index (Phi) is 5.97. The lowest BCUT2D eigenvalue weighted by atomic mass is 10.4. The average molecular weight is 168 g/mol. The average Bonchev–Trinajstić information content (AvgIpc) is 2.11. The Bertz CT molecular complexity index is 195. The fourth-order valence-corrected chi connectivity index (χ4v) is 0.618. The molecular weight excluding hydrogens is 152 g/mol. The highest BCUT2D eigenvalue weighted by Crippen LogP contribution is 1.86. The summed E-state index contributed by atoms with van der Waals surface area (Å²) < 4.78 is 0. The molecule has 1 N–H and O–H groups in total. The summed E-state index contributed by atoms with van der Waals surface area (Å²) in [6.07, 6.45) is 4.00. The maximum absolute atomic E-state index is 10.9. The molecule has 0 aromatic carbocycles. The van der Waals surface area contributed by atoms with Gasteiger partial charge in [0.15, 0.2) is 0 Å². The van der Waals surface area contributed by atoms with Gasteiger partial charge in [-0.05, 0) is 13.8 Å². The molecule has 68 valence electrons. The summed E-state index contributed by atoms with van der Waals surface area (Å²) in [5, 5.41) is 2.72. The molecule has 0 aliphatic heterocycles. The van der Waals surface area contributed by atoms with Crippen LogP contribution in [0.5, 0.6) is 0 Å². The Morgan fingerprint density at radius 3 is 2.58 bits per heavy atom. The maximum atomic E-state index is 10.9. The Morgan fingerprint density at radius 2 is 2.17 bits per heavy atom. The first kappa shape index (κ1) is 10.9. The fraction of sp³-hybridized carbons (Fsp3) is 0.556. The summed E-state index contributed by atoms with van der Waals surface area (Å²) in [6.45, 7) is 6.37. The largest absolute Gasteiger partial charge is 0.325 e. The molecule has 0 aliphatic carbocycles. The van der Waals surface area contributed by atoms with Gasteiger partial charge in [0.1, 0.15) is 0 Å². The van der Waals surface area contributed by atoms with Gasteiger partial charge in [0.2, 0.25) is 5.91 Å². The quantitative estimate of drug-likeness (QED) is 0.635. The molecule has 0 saturated carbocycles. The molecule has 0 unspecified atom stereocenters. The number of carbonyl (C=O) groups excluding carboxylic acids is 1. The lowest BCUT2D eigenvalue weighted by Gasteiger charge is -2.01. The van der Waals surface area contributed by atoms with Crippen molar-refractivity contribution in [2.45, 2.75) is 27.2 Å². The van der Waals surface area contributed by atoms with Crippen LogP contribution >= 0.6 is 0 Å². The van der Waals surface area contributed by atoms with Gasteiger partial charge < -0.3 is 5.32 Å². The number of nitrogens with one attached hydrogen (secondary N) is 1. The molecule has 3 nitrogen and oxygen atoms in total. The lowest BCUT2D eigenvalue weighted by molar-refractivity contribution is -0.119. The highest BCUT2D eigenvalue weighted by molar-refractivity contribution is 5.87. The zero-order valence-corrected chi connectivity index (χ0v) is 7.92. The highest BCUT2D eigenvalue weighted by atomic mass is 16.1. The minimum absolute atomic E-state index is 0.0191. The molecule has 0 atom stereocenters. The van der Waals surface area contributed by atoms with Crippen molar-refractivity contribution in [3.63, 3.8) is 0 Å². The Labute approximate surface area is 73.6 Å². The predicted molar refractivity (Wildman–Crippen MR) is 51.2 cm³/mol. The summed E-state index contributed by atoms with van der Waals surface area (Å²) in [4.78, 5) is 15.0. The second-order valence-electron chi connectivity index (χ2n) is 2.27. The van der Waals surface area contributed by atoms with Gasteiger partial charge in [0, 0.05) is 19.2 Å². The Morgan fingerprint density at radius 1 is 1.50 bits per heavy atom. The minimum Gasteiger partial charge on any atom is -0.325 e. The van der Waals surface area contributed by atoms with Crippen molar-refractivity contribution in [1.29, 1.82) is 0 Å². The van der Waals surface area contributed by atoms with Crippen LogP contribution in [0.4, 0.5) is 0 Å². The molecule has 0 fully saturated rings. The van der Waals surface area contributed by atoms with Crippen LogP contribution in [0.15, 0.2) is 16.8 Å². The van der Waals surface area contributed by atoms with E-state index >= 15 is 0 Å². The Balaban J connectivity index is 4.02. The van der Waals surface area contributed by atoms with Crippen LogP contribution in [0.2, 0.25) is 0 Å². The van der Waals surface area contributed by atoms with Gasteiger partial charge in [-0.2, -0.15) is 0 Å². The van der Waals surface area contributed by atoms with Gasteiger partial charge in [-0.1, -0.05) is 13.0 Å². The van der Waals surface area contributed by atoms with E-state index in [1.165, 1.54) is 0 Å². The molecule has 0 heterocycles. The number of carbonyl (C=O) groups is 1. The van der Waals surface area contributed by atoms with E-state index in [-0.39, 0.29) is 5.91 Å². The maximum Gasteiger partial charge on any atom is 0.224 e. The van der Waals surface area contributed by atoms with Crippen LogP contribution in [0.25, 0.3) is 0 Å². The van der Waals surface area contributed by atoms with E-state index in [0.717, 1.165) is 12.2 Å². The summed E-state index contributed by atoms with van der Waals surface area (Å²) in [5.41, 5.74) is 0.767. The van der Waals surface area contributed by atoms with Gasteiger partial charge in [-0.15, -0.1) is 0 Å². The van der Waals surface area contributed by atoms with Gasteiger partial charge in [-0.3, -0.25) is 9.79 Å². The topological polar surface area (TPSA) is 41.5 Å². The second-order valence-corrected chi connectivity index (χ2v) is 2.27. The Hall–Kier alpha value is -1.12. The number of aliphatic imine (C=N–C) groups is 1. The van der Waals surface area contributed by atoms with Crippen molar-refractivity contribution in [2.24, 2.45) is 4.99 Å². The van der Waals surface area contributed by atoms with E-state index in [0.29, 0.717) is 6.42 Å². The number of rotatable bonds is 4. The molecule has 3 heteroatoms. The van der Waals surface area contributed by atoms with Gasteiger partial charge in [0.25, 0.3) is 0 Å². The van der Waals surface area contributed by atoms with E-state index < -0.39 is 0 Å². The third-order valence-electron chi connectivity index (χ3n) is 1.33. The standard InChI is InChI=1S/C9H16N2O/c1-4-8(7-10-6-3)11-9(12)5-2/h4,7H,5-6H2,1-3H3,(H,11,12)/b8-4+,10-7?. The van der Waals surface area contributed by atoms with Crippen LogP contribution in [0.3, 0.4) is 0 Å². The number of nitrogens with zero attached hydrogens (tertiary/aromatic N) is 1. The van der Waals surface area contributed by atoms with E-state index in [4.69, 9.17) is 0 Å². The zero-order chi connectivity index (χ0) is 9.40. The SMILES string of the molecule is C/C=C(\C=NCC)NC(=O)CC. The number of amides is 1. The van der Waals surface area contributed by atoms with E-state index in [9.17, 15) is 4.79 Å². The van der Waals surface area contributed by atoms with E-state index in [2.05, 4.69) is 10.3 Å². The van der Waals surface area contributed by atoms with Crippen molar-refractivity contribution >= 4 is 12.1 Å². The molecule has 0 aliphatic rings. The normalized spacial score (nSPS) is 12.1. The van der Waals surface area contributed by atoms with E-state index in [1.54, 1.807) is 6.21 Å². The number of allylic oxidation sites excluding steroid dienone is 2. The third-order valence-corrected chi connectivity index (χ3v) is 1.33. The van der Waals surface area contributed by atoms with Crippen LogP contribution in [-0.4, -0.2) is 18.7 Å². The fourth-order valence-electron chi connectivity index (χ4n) is 0.618. The molecule has 0 aromatic rings. The molecule has 0 bridgehead atoms. The molecule has 0 aromatic heterocycles. The van der Waals surface area contributed by atoms with Crippen molar-refractivity contribution in [3.05, 3.63) is 11.8 Å². The van der Waals surface area contributed by atoms with Crippen molar-refractivity contribution < 1.29 is 4.79 Å².